The molecule has 2 amide bonds. The lowest BCUT2D eigenvalue weighted by molar-refractivity contribution is 0.0936. The summed E-state index contributed by atoms with van der Waals surface area (Å²) in [5.74, 6) is -0.127. The quantitative estimate of drug-likeness (QED) is 0.720. The summed E-state index contributed by atoms with van der Waals surface area (Å²) in [6.45, 7) is 4.17. The fourth-order valence-corrected chi connectivity index (χ4v) is 3.47. The number of hydrogen-bond donors (Lipinski definition) is 2. The Kier molecular flexibility index (Phi) is 6.46. The third-order valence-electron chi connectivity index (χ3n) is 5.00. The largest absolute Gasteiger partial charge is 0.349 e. The molecule has 1 aliphatic rings. The van der Waals surface area contributed by atoms with Gasteiger partial charge in [0.1, 0.15) is 0 Å². The maximum atomic E-state index is 12.9. The molecule has 2 N–H and O–H groups in total. The first-order chi connectivity index (χ1) is 13.5. The van der Waals surface area contributed by atoms with Crippen LogP contribution >= 0.6 is 0 Å². The smallest absolute Gasteiger partial charge is 0.287 e. The van der Waals surface area contributed by atoms with Crippen LogP contribution in [0.5, 0.6) is 0 Å². The van der Waals surface area contributed by atoms with E-state index >= 15 is 0 Å². The summed E-state index contributed by atoms with van der Waals surface area (Å²) in [6.07, 6.45) is 3.62. The van der Waals surface area contributed by atoms with Crippen LogP contribution in [0.25, 0.3) is 0 Å². The maximum Gasteiger partial charge on any atom is 0.287 e. The zero-order valence-electron chi connectivity index (χ0n) is 16.9. The fraction of sp³-hybridized carbons (Fsp3) is 0.476. The number of fused-ring (bicyclic) bond motifs is 1. The van der Waals surface area contributed by atoms with E-state index in [1.807, 2.05) is 49.9 Å². The molecule has 2 heterocycles. The molecule has 1 aliphatic heterocycles. The number of rotatable bonds is 7. The molecule has 0 unspecified atom stereocenters. The van der Waals surface area contributed by atoms with Crippen molar-refractivity contribution >= 4 is 17.5 Å². The standard InChI is InChI=1S/C21H29N5O2/c1-15-9-4-5-10-16(15)23-20(27)18-17-11-6-7-14-26(17)19(24-18)21(28)22-12-8-13-25(2)3/h4-5,9-10H,6-8,11-14H2,1-3H3,(H,22,28)(H,23,27). The molecular weight excluding hydrogens is 354 g/mol. The first-order valence-corrected chi connectivity index (χ1v) is 9.86. The van der Waals surface area contributed by atoms with E-state index in [1.54, 1.807) is 0 Å². The van der Waals surface area contributed by atoms with Gasteiger partial charge >= 0.3 is 0 Å². The van der Waals surface area contributed by atoms with Crippen LogP contribution in [0.4, 0.5) is 5.69 Å². The zero-order chi connectivity index (χ0) is 20.1. The Balaban J connectivity index is 1.78. The highest BCUT2D eigenvalue weighted by molar-refractivity contribution is 6.05. The molecule has 7 heteroatoms. The number of nitrogens with zero attached hydrogens (tertiary/aromatic N) is 3. The molecule has 2 aromatic rings. The van der Waals surface area contributed by atoms with Crippen LogP contribution < -0.4 is 10.6 Å². The molecule has 0 saturated heterocycles. The van der Waals surface area contributed by atoms with E-state index in [0.29, 0.717) is 18.1 Å². The molecule has 0 bridgehead atoms. The number of anilines is 1. The number of nitrogens with one attached hydrogen (secondary N) is 2. The molecule has 0 atom stereocenters. The van der Waals surface area contributed by atoms with Gasteiger partial charge in [-0.2, -0.15) is 0 Å². The number of carbonyl (C=O) groups is 2. The number of aryl methyl sites for hydroxylation is 1. The van der Waals surface area contributed by atoms with Gasteiger partial charge in [0.2, 0.25) is 0 Å². The Bertz CT molecular complexity index is 856. The summed E-state index contributed by atoms with van der Waals surface area (Å²) in [7, 11) is 4.01. The van der Waals surface area contributed by atoms with Crippen molar-refractivity contribution in [3.63, 3.8) is 0 Å². The number of hydrogen-bond acceptors (Lipinski definition) is 4. The molecule has 0 radical (unpaired) electrons. The monoisotopic (exact) mass is 383 g/mol. The average Bonchev–Trinajstić information content (AvgIpc) is 3.07. The maximum absolute atomic E-state index is 12.9. The van der Waals surface area contributed by atoms with Crippen molar-refractivity contribution in [2.75, 3.05) is 32.5 Å². The Morgan fingerprint density at radius 2 is 1.96 bits per heavy atom. The lowest BCUT2D eigenvalue weighted by Crippen LogP contribution is -2.30. The molecule has 1 aromatic carbocycles. The summed E-state index contributed by atoms with van der Waals surface area (Å²) in [5.41, 5.74) is 2.97. The highest BCUT2D eigenvalue weighted by Crippen LogP contribution is 2.23. The Morgan fingerprint density at radius 1 is 1.18 bits per heavy atom. The highest BCUT2D eigenvalue weighted by atomic mass is 16.2. The molecule has 0 aliphatic carbocycles. The Hall–Kier alpha value is -2.67. The van der Waals surface area contributed by atoms with Crippen LogP contribution in [0.3, 0.4) is 0 Å². The zero-order valence-corrected chi connectivity index (χ0v) is 16.9. The first-order valence-electron chi connectivity index (χ1n) is 9.86. The van der Waals surface area contributed by atoms with Crippen molar-refractivity contribution in [1.82, 2.24) is 19.8 Å². The predicted octanol–water partition coefficient (Wildman–Crippen LogP) is 2.46. The number of benzene rings is 1. The predicted molar refractivity (Wildman–Crippen MR) is 110 cm³/mol. The van der Waals surface area contributed by atoms with E-state index in [2.05, 4.69) is 20.5 Å². The van der Waals surface area contributed by atoms with E-state index < -0.39 is 0 Å². The third-order valence-corrected chi connectivity index (χ3v) is 5.00. The van der Waals surface area contributed by atoms with Gasteiger partial charge < -0.3 is 20.1 Å². The first kappa shape index (κ1) is 20.1. The van der Waals surface area contributed by atoms with Crippen molar-refractivity contribution in [3.8, 4) is 0 Å². The summed E-state index contributed by atoms with van der Waals surface area (Å²) in [4.78, 5) is 32.1. The molecule has 7 nitrogen and oxygen atoms in total. The Labute approximate surface area is 166 Å². The second-order valence-corrected chi connectivity index (χ2v) is 7.52. The van der Waals surface area contributed by atoms with Crippen molar-refractivity contribution in [3.05, 3.63) is 47.0 Å². The van der Waals surface area contributed by atoms with Crippen LogP contribution in [0.2, 0.25) is 0 Å². The minimum absolute atomic E-state index is 0.211. The van der Waals surface area contributed by atoms with Crippen LogP contribution in [-0.2, 0) is 13.0 Å². The van der Waals surface area contributed by atoms with Gasteiger partial charge in [0.25, 0.3) is 11.8 Å². The van der Waals surface area contributed by atoms with Crippen molar-refractivity contribution in [2.45, 2.75) is 39.2 Å². The molecular formula is C21H29N5O2. The molecule has 28 heavy (non-hydrogen) atoms. The number of carbonyl (C=O) groups excluding carboxylic acids is 2. The minimum Gasteiger partial charge on any atom is -0.349 e. The van der Waals surface area contributed by atoms with Gasteiger partial charge in [-0.1, -0.05) is 18.2 Å². The van der Waals surface area contributed by atoms with Gasteiger partial charge in [0.05, 0.1) is 5.69 Å². The minimum atomic E-state index is -0.258. The molecule has 0 saturated carbocycles. The number of imidazole rings is 1. The molecule has 0 fully saturated rings. The SMILES string of the molecule is Cc1ccccc1NC(=O)c1nc(C(=O)NCCCN(C)C)n2c1CCCC2. The second-order valence-electron chi connectivity index (χ2n) is 7.52. The van der Waals surface area contributed by atoms with Crippen LogP contribution in [0.1, 0.15) is 51.6 Å². The molecule has 1 aromatic heterocycles. The van der Waals surface area contributed by atoms with Crippen molar-refractivity contribution in [2.24, 2.45) is 0 Å². The third kappa shape index (κ3) is 4.59. The normalized spacial score (nSPS) is 13.3. The highest BCUT2D eigenvalue weighted by Gasteiger charge is 2.27. The fourth-order valence-electron chi connectivity index (χ4n) is 3.47. The summed E-state index contributed by atoms with van der Waals surface area (Å²) in [6, 6.07) is 7.64. The summed E-state index contributed by atoms with van der Waals surface area (Å²) < 4.78 is 1.91. The van der Waals surface area contributed by atoms with E-state index in [-0.39, 0.29) is 11.8 Å². The lowest BCUT2D eigenvalue weighted by atomic mass is 10.1. The molecule has 0 spiro atoms. The van der Waals surface area contributed by atoms with Crippen molar-refractivity contribution < 1.29 is 9.59 Å². The number of para-hydroxylation sites is 1. The van der Waals surface area contributed by atoms with Gasteiger partial charge in [-0.15, -0.1) is 0 Å². The van der Waals surface area contributed by atoms with Gasteiger partial charge in [-0.3, -0.25) is 9.59 Å². The van der Waals surface area contributed by atoms with Gasteiger partial charge in [-0.05, 0) is 64.9 Å². The van der Waals surface area contributed by atoms with Crippen LogP contribution in [-0.4, -0.2) is 53.5 Å². The van der Waals surface area contributed by atoms with Gasteiger partial charge in [-0.25, -0.2) is 4.98 Å². The van der Waals surface area contributed by atoms with Gasteiger partial charge in [0, 0.05) is 18.8 Å². The Morgan fingerprint density at radius 3 is 2.71 bits per heavy atom. The van der Waals surface area contributed by atoms with Crippen molar-refractivity contribution in [1.29, 1.82) is 0 Å². The second kappa shape index (κ2) is 9.01. The lowest BCUT2D eigenvalue weighted by Gasteiger charge is -2.17. The molecule has 3 rings (SSSR count). The molecule has 150 valence electrons. The summed E-state index contributed by atoms with van der Waals surface area (Å²) >= 11 is 0. The van der Waals surface area contributed by atoms with E-state index in [9.17, 15) is 9.59 Å². The van der Waals surface area contributed by atoms with E-state index in [1.165, 1.54) is 0 Å². The topological polar surface area (TPSA) is 79.3 Å². The number of aromatic nitrogens is 2. The van der Waals surface area contributed by atoms with E-state index in [4.69, 9.17) is 0 Å². The van der Waals surface area contributed by atoms with E-state index in [0.717, 1.165) is 55.7 Å². The van der Waals surface area contributed by atoms with Crippen LogP contribution in [0, 0.1) is 6.92 Å². The average molecular weight is 383 g/mol. The number of amides is 2. The summed E-state index contributed by atoms with van der Waals surface area (Å²) in [5, 5.41) is 5.88. The van der Waals surface area contributed by atoms with Gasteiger partial charge in [0.15, 0.2) is 11.5 Å². The van der Waals surface area contributed by atoms with Crippen LogP contribution in [0.15, 0.2) is 24.3 Å².